The zero-order valence-electron chi connectivity index (χ0n) is 58.6. The van der Waals surface area contributed by atoms with E-state index in [0.717, 1.165) is 77.0 Å². The highest BCUT2D eigenvalue weighted by Crippen LogP contribution is 2.14. The minimum Gasteiger partial charge on any atom is -0.338 e. The van der Waals surface area contributed by atoms with Gasteiger partial charge in [0, 0.05) is 78.0 Å². The standard InChI is InChI=1S/C71H139N11O8/c1-6-10-14-18-22-26-30-34-38-42-52-72-68(87)76-64(83)48-60-81(61-49-65(84)77-69(88)73-53-43-39-35-31-27-23-19-15-11-7-2)58-46-56-80(5)57-47-59-82(62-50-66(85)78-70(89)74-54-44-40-36-32-28-24-20-16-12-8-3)63-51-67(86)79-71(90)75-55-45-41-37-33-29-25-21-17-13-9-4/h6-63H2,1-5H3,(H2,72,76,83,87)(H2,73,77,84,88)(H2,74,78,85,89)(H2,75,79,86,90). The molecule has 12 amide bonds. The molecule has 0 unspecified atom stereocenters. The van der Waals surface area contributed by atoms with Crippen LogP contribution in [-0.2, 0) is 19.2 Å². The number of carbonyl (C=O) groups excluding carboxylic acids is 8. The molecular weight excluding hydrogens is 1130 g/mol. The van der Waals surface area contributed by atoms with Crippen LogP contribution in [0.2, 0.25) is 0 Å². The molecule has 0 atom stereocenters. The van der Waals surface area contributed by atoms with Crippen molar-refractivity contribution in [3.8, 4) is 0 Å². The Morgan fingerprint density at radius 2 is 0.400 bits per heavy atom. The second-order valence-corrected chi connectivity index (χ2v) is 25.6. The van der Waals surface area contributed by atoms with Crippen molar-refractivity contribution in [3.05, 3.63) is 0 Å². The Kier molecular flexibility index (Phi) is 62.9. The molecule has 0 saturated heterocycles. The van der Waals surface area contributed by atoms with Crippen LogP contribution in [0.1, 0.15) is 323 Å². The van der Waals surface area contributed by atoms with Crippen LogP contribution >= 0.6 is 0 Å². The SMILES string of the molecule is CCCCCCCCCCCCNC(=O)NC(=O)CCN(CCCN(C)CCCN(CCC(=O)NC(=O)NCCCCCCCCCCCC)CCC(=O)NC(=O)NCCCCCCCCCCCC)CCC(=O)NC(=O)NCCCCCCCCCCCC. The normalized spacial score (nSPS) is 11.3. The Morgan fingerprint density at radius 3 is 0.589 bits per heavy atom. The molecule has 0 saturated carbocycles. The Balaban J connectivity index is 5.37. The van der Waals surface area contributed by atoms with E-state index in [2.05, 4.69) is 75.1 Å². The molecule has 0 spiro atoms. The Labute approximate surface area is 549 Å². The molecule has 0 fully saturated rings. The highest BCUT2D eigenvalue weighted by atomic mass is 16.2. The van der Waals surface area contributed by atoms with Crippen LogP contribution in [0.25, 0.3) is 0 Å². The summed E-state index contributed by atoms with van der Waals surface area (Å²) >= 11 is 0. The molecule has 0 aromatic carbocycles. The predicted molar refractivity (Wildman–Crippen MR) is 372 cm³/mol. The van der Waals surface area contributed by atoms with Gasteiger partial charge in [-0.1, -0.05) is 259 Å². The van der Waals surface area contributed by atoms with Gasteiger partial charge in [-0.3, -0.25) is 40.4 Å². The number of unbranched alkanes of at least 4 members (excludes halogenated alkanes) is 36. The van der Waals surface area contributed by atoms with Gasteiger partial charge in [-0.25, -0.2) is 19.2 Å². The lowest BCUT2D eigenvalue weighted by Gasteiger charge is -2.25. The Morgan fingerprint density at radius 1 is 0.222 bits per heavy atom. The van der Waals surface area contributed by atoms with Crippen molar-refractivity contribution in [1.29, 1.82) is 0 Å². The average Bonchev–Trinajstić information content (AvgIpc) is 3.60. The summed E-state index contributed by atoms with van der Waals surface area (Å²) in [5, 5.41) is 21.1. The lowest BCUT2D eigenvalue weighted by atomic mass is 10.1. The van der Waals surface area contributed by atoms with Gasteiger partial charge in [0.25, 0.3) is 0 Å². The van der Waals surface area contributed by atoms with Crippen molar-refractivity contribution in [2.24, 2.45) is 0 Å². The van der Waals surface area contributed by atoms with Crippen molar-refractivity contribution in [1.82, 2.24) is 57.2 Å². The lowest BCUT2D eigenvalue weighted by molar-refractivity contribution is -0.122. The number of imide groups is 4. The summed E-state index contributed by atoms with van der Waals surface area (Å²) < 4.78 is 0. The van der Waals surface area contributed by atoms with Crippen molar-refractivity contribution in [2.75, 3.05) is 85.6 Å². The molecule has 0 rings (SSSR count). The van der Waals surface area contributed by atoms with Gasteiger partial charge in [-0.15, -0.1) is 0 Å². The van der Waals surface area contributed by atoms with E-state index in [0.29, 0.717) is 91.4 Å². The molecule has 90 heavy (non-hydrogen) atoms. The first kappa shape index (κ1) is 85.6. The summed E-state index contributed by atoms with van der Waals surface area (Å²) in [7, 11) is 2.02. The van der Waals surface area contributed by atoms with Gasteiger partial charge in [-0.2, -0.15) is 0 Å². The molecule has 0 radical (unpaired) electrons. The molecular formula is C71H139N11O8. The third-order valence-corrected chi connectivity index (χ3v) is 16.9. The van der Waals surface area contributed by atoms with Gasteiger partial charge >= 0.3 is 24.1 Å². The van der Waals surface area contributed by atoms with E-state index in [1.54, 1.807) is 0 Å². The summed E-state index contributed by atoms with van der Waals surface area (Å²) in [6.45, 7) is 14.7. The predicted octanol–water partition coefficient (Wildman–Crippen LogP) is 14.8. The Hall–Kier alpha value is -4.36. The first-order valence-electron chi connectivity index (χ1n) is 37.3. The zero-order chi connectivity index (χ0) is 66.0. The van der Waals surface area contributed by atoms with E-state index >= 15 is 0 Å². The fourth-order valence-electron chi connectivity index (χ4n) is 11.1. The highest BCUT2D eigenvalue weighted by Gasteiger charge is 2.17. The van der Waals surface area contributed by atoms with Crippen molar-refractivity contribution >= 4 is 47.8 Å². The second-order valence-electron chi connectivity index (χ2n) is 25.6. The maximum atomic E-state index is 13.0. The first-order chi connectivity index (χ1) is 43.8. The summed E-state index contributed by atoms with van der Waals surface area (Å²) in [4.78, 5) is 109. The van der Waals surface area contributed by atoms with Gasteiger partial charge in [0.2, 0.25) is 23.6 Å². The minimum atomic E-state index is -0.507. The second kappa shape index (κ2) is 66.1. The molecule has 0 heterocycles. The molecule has 0 bridgehead atoms. The van der Waals surface area contributed by atoms with Crippen molar-refractivity contribution < 1.29 is 38.4 Å². The van der Waals surface area contributed by atoms with Crippen LogP contribution in [0, 0.1) is 0 Å². The largest absolute Gasteiger partial charge is 0.338 e. The molecule has 0 aliphatic rings. The van der Waals surface area contributed by atoms with Crippen LogP contribution in [0.15, 0.2) is 0 Å². The molecule has 0 aliphatic heterocycles. The Bertz CT molecular complexity index is 1530. The molecule has 0 aliphatic carbocycles. The topological polar surface area (TPSA) is 243 Å². The smallest absolute Gasteiger partial charge is 0.321 e. The summed E-state index contributed by atoms with van der Waals surface area (Å²) in [5.74, 6) is -1.62. The van der Waals surface area contributed by atoms with E-state index in [9.17, 15) is 38.4 Å². The maximum Gasteiger partial charge on any atom is 0.321 e. The van der Waals surface area contributed by atoms with E-state index in [1.807, 2.05) is 16.8 Å². The molecule has 526 valence electrons. The average molecular weight is 1270 g/mol. The van der Waals surface area contributed by atoms with Gasteiger partial charge in [0.15, 0.2) is 0 Å². The molecule has 0 aromatic heterocycles. The van der Waals surface area contributed by atoms with Crippen molar-refractivity contribution in [3.63, 3.8) is 0 Å². The molecule has 8 N–H and O–H groups in total. The van der Waals surface area contributed by atoms with Crippen LogP contribution < -0.4 is 42.5 Å². The number of carbonyl (C=O) groups is 8. The maximum absolute atomic E-state index is 13.0. The summed E-state index contributed by atoms with van der Waals surface area (Å²) in [6, 6.07) is -2.03. The fourth-order valence-corrected chi connectivity index (χ4v) is 11.1. The van der Waals surface area contributed by atoms with Crippen molar-refractivity contribution in [2.45, 2.75) is 323 Å². The van der Waals surface area contributed by atoms with Crippen LogP contribution in [0.5, 0.6) is 0 Å². The first-order valence-corrected chi connectivity index (χ1v) is 37.3. The number of nitrogens with one attached hydrogen (secondary N) is 8. The van der Waals surface area contributed by atoms with E-state index in [4.69, 9.17) is 0 Å². The number of urea groups is 4. The highest BCUT2D eigenvalue weighted by molar-refractivity contribution is 5.96. The third kappa shape index (κ3) is 62.4. The van der Waals surface area contributed by atoms with E-state index in [1.165, 1.54) is 180 Å². The van der Waals surface area contributed by atoms with Crippen LogP contribution in [0.3, 0.4) is 0 Å². The van der Waals surface area contributed by atoms with E-state index in [-0.39, 0.29) is 25.7 Å². The van der Waals surface area contributed by atoms with Crippen LogP contribution in [0.4, 0.5) is 19.2 Å². The summed E-state index contributed by atoms with van der Waals surface area (Å²) in [6.07, 6.45) is 49.4. The fraction of sp³-hybridized carbons (Fsp3) is 0.887. The summed E-state index contributed by atoms with van der Waals surface area (Å²) in [5.41, 5.74) is 0. The van der Waals surface area contributed by atoms with Crippen LogP contribution in [-0.4, -0.2) is 148 Å². The quantitative estimate of drug-likeness (QED) is 0.0266. The van der Waals surface area contributed by atoms with Gasteiger partial charge in [0.1, 0.15) is 0 Å². The lowest BCUT2D eigenvalue weighted by Crippen LogP contribution is -2.43. The molecule has 19 heteroatoms. The number of hydrogen-bond donors (Lipinski definition) is 8. The number of nitrogens with zero attached hydrogens (tertiary/aromatic N) is 3. The monoisotopic (exact) mass is 1270 g/mol. The van der Waals surface area contributed by atoms with Gasteiger partial charge in [-0.05, 0) is 71.8 Å². The number of rotatable bonds is 64. The molecule has 0 aromatic rings. The molecule has 19 nitrogen and oxygen atoms in total. The van der Waals surface area contributed by atoms with Gasteiger partial charge < -0.3 is 36.0 Å². The van der Waals surface area contributed by atoms with E-state index < -0.39 is 47.8 Å². The minimum absolute atomic E-state index is 0.0580. The zero-order valence-corrected chi connectivity index (χ0v) is 58.6. The third-order valence-electron chi connectivity index (χ3n) is 16.9. The van der Waals surface area contributed by atoms with Gasteiger partial charge in [0.05, 0.1) is 0 Å². The number of hydrogen-bond acceptors (Lipinski definition) is 11. The number of amides is 12.